The first-order valence-electron chi connectivity index (χ1n) is 9.70. The van der Waals surface area contributed by atoms with E-state index in [2.05, 4.69) is 5.32 Å². The summed E-state index contributed by atoms with van der Waals surface area (Å²) in [4.78, 5) is 38.5. The van der Waals surface area contributed by atoms with Crippen LogP contribution in [-0.4, -0.2) is 18.9 Å². The third kappa shape index (κ3) is 4.56. The van der Waals surface area contributed by atoms with Crippen LogP contribution in [0, 0.1) is 12.8 Å². The van der Waals surface area contributed by atoms with Gasteiger partial charge >= 0.3 is 11.6 Å². The molecule has 0 bridgehead atoms. The molecule has 0 saturated carbocycles. The Hall–Kier alpha value is -3.09. The first-order chi connectivity index (χ1) is 15.1. The number of ketones is 1. The Morgan fingerprint density at radius 3 is 2.31 bits per heavy atom. The summed E-state index contributed by atoms with van der Waals surface area (Å²) in [6.45, 7) is 5.02. The lowest BCUT2D eigenvalue weighted by Crippen LogP contribution is -2.32. The molecule has 1 unspecified atom stereocenters. The lowest BCUT2D eigenvalue weighted by atomic mass is 9.81. The van der Waals surface area contributed by atoms with Gasteiger partial charge < -0.3 is 14.5 Å². The molecule has 0 radical (unpaired) electrons. The van der Waals surface area contributed by atoms with E-state index in [4.69, 9.17) is 32.4 Å². The Morgan fingerprint density at radius 2 is 1.72 bits per heavy atom. The molecule has 3 rings (SSSR count). The summed E-state index contributed by atoms with van der Waals surface area (Å²) >= 11 is 12.8. The summed E-state index contributed by atoms with van der Waals surface area (Å²) in [5.41, 5.74) is 1.22. The van der Waals surface area contributed by atoms with Crippen molar-refractivity contribution in [3.05, 3.63) is 97.3 Å². The minimum Gasteiger partial charge on any atom is -0.466 e. The van der Waals surface area contributed by atoms with Gasteiger partial charge in [0.1, 0.15) is 5.76 Å². The number of methoxy groups -OCH3 is 1. The van der Waals surface area contributed by atoms with E-state index in [1.807, 2.05) is 0 Å². The topological polar surface area (TPSA) is 85.6 Å². The molecule has 1 aliphatic rings. The lowest BCUT2D eigenvalue weighted by molar-refractivity contribution is -0.136. The molecule has 8 heteroatoms. The number of rotatable bonds is 5. The van der Waals surface area contributed by atoms with Crippen molar-refractivity contribution in [1.82, 2.24) is 5.32 Å². The van der Waals surface area contributed by atoms with E-state index in [-0.39, 0.29) is 27.0 Å². The summed E-state index contributed by atoms with van der Waals surface area (Å²) in [5.74, 6) is -1.48. The number of halogens is 2. The number of aryl methyl sites for hydroxylation is 1. The molecule has 1 aromatic heterocycles. The van der Waals surface area contributed by atoms with Gasteiger partial charge in [-0.1, -0.05) is 59.6 Å². The first kappa shape index (κ1) is 23.6. The number of Topliss-reactive ketones (excluding diaryl/α,β-unsaturated/α-hetero) is 1. The zero-order valence-corrected chi connectivity index (χ0v) is 19.4. The SMILES string of the molecule is COC(=O)C1=C(C)NC(C)=C(C(=O)c2ccccc2)C1/C=C(\Cl)c1c(Cl)cc(C)oc1=O. The molecule has 1 N–H and O–H groups in total. The Morgan fingerprint density at radius 1 is 1.09 bits per heavy atom. The highest BCUT2D eigenvalue weighted by Gasteiger charge is 2.35. The summed E-state index contributed by atoms with van der Waals surface area (Å²) in [5, 5.41) is 3.13. The van der Waals surface area contributed by atoms with Crippen LogP contribution in [0.1, 0.15) is 35.5 Å². The lowest BCUT2D eigenvalue weighted by Gasteiger charge is -2.29. The normalized spacial score (nSPS) is 16.7. The van der Waals surface area contributed by atoms with Crippen LogP contribution >= 0.6 is 23.2 Å². The highest BCUT2D eigenvalue weighted by Crippen LogP contribution is 2.37. The van der Waals surface area contributed by atoms with Crippen molar-refractivity contribution in [3.8, 4) is 0 Å². The minimum atomic E-state index is -0.888. The van der Waals surface area contributed by atoms with Gasteiger partial charge in [-0.05, 0) is 26.8 Å². The van der Waals surface area contributed by atoms with Crippen LogP contribution in [0.2, 0.25) is 5.02 Å². The maximum Gasteiger partial charge on any atom is 0.346 e. The maximum absolute atomic E-state index is 13.4. The summed E-state index contributed by atoms with van der Waals surface area (Å²) in [7, 11) is 1.25. The van der Waals surface area contributed by atoms with Gasteiger partial charge in [-0.15, -0.1) is 0 Å². The molecule has 1 aromatic carbocycles. The number of hydrogen-bond acceptors (Lipinski definition) is 6. The molecular formula is C24H21Cl2NO5. The molecule has 32 heavy (non-hydrogen) atoms. The second-order valence-electron chi connectivity index (χ2n) is 7.25. The van der Waals surface area contributed by atoms with Crippen molar-refractivity contribution in [2.75, 3.05) is 7.11 Å². The van der Waals surface area contributed by atoms with Crippen molar-refractivity contribution in [2.24, 2.45) is 5.92 Å². The van der Waals surface area contributed by atoms with Gasteiger partial charge in [0, 0.05) is 28.4 Å². The predicted molar refractivity (Wildman–Crippen MR) is 123 cm³/mol. The number of dihydropyridines is 1. The minimum absolute atomic E-state index is 0.0454. The van der Waals surface area contributed by atoms with Gasteiger partial charge in [0.2, 0.25) is 0 Å². The van der Waals surface area contributed by atoms with Crippen LogP contribution < -0.4 is 10.9 Å². The van der Waals surface area contributed by atoms with Gasteiger partial charge in [-0.3, -0.25) is 4.79 Å². The quantitative estimate of drug-likeness (QED) is 0.485. The van der Waals surface area contributed by atoms with E-state index in [1.54, 1.807) is 51.1 Å². The van der Waals surface area contributed by atoms with Crippen molar-refractivity contribution in [3.63, 3.8) is 0 Å². The highest BCUT2D eigenvalue weighted by molar-refractivity contribution is 6.50. The van der Waals surface area contributed by atoms with Crippen molar-refractivity contribution < 1.29 is 18.7 Å². The van der Waals surface area contributed by atoms with Crippen LogP contribution in [0.3, 0.4) is 0 Å². The third-order valence-electron chi connectivity index (χ3n) is 5.07. The monoisotopic (exact) mass is 473 g/mol. The molecule has 0 fully saturated rings. The number of carbonyl (C=O) groups excluding carboxylic acids is 2. The Labute approximate surface area is 195 Å². The number of nitrogens with one attached hydrogen (secondary N) is 1. The van der Waals surface area contributed by atoms with E-state index in [0.29, 0.717) is 28.3 Å². The van der Waals surface area contributed by atoms with Crippen LogP contribution in [0.5, 0.6) is 0 Å². The Bertz CT molecular complexity index is 1240. The van der Waals surface area contributed by atoms with Crippen molar-refractivity contribution in [2.45, 2.75) is 20.8 Å². The van der Waals surface area contributed by atoms with Gasteiger partial charge in [0.05, 0.1) is 28.3 Å². The molecule has 6 nitrogen and oxygen atoms in total. The molecular weight excluding hydrogens is 453 g/mol. The predicted octanol–water partition coefficient (Wildman–Crippen LogP) is 5.00. The number of allylic oxidation sites excluding steroid dienone is 4. The average molecular weight is 474 g/mol. The first-order valence-corrected chi connectivity index (χ1v) is 10.5. The van der Waals surface area contributed by atoms with E-state index < -0.39 is 17.5 Å². The van der Waals surface area contributed by atoms with E-state index >= 15 is 0 Å². The molecule has 0 saturated heterocycles. The van der Waals surface area contributed by atoms with Crippen molar-refractivity contribution in [1.29, 1.82) is 0 Å². The standard InChI is InChI=1S/C24H21Cl2NO5/c1-12-10-17(25)21(24(30)32-12)18(26)11-16-19(22(28)15-8-6-5-7-9-15)13(2)27-14(3)20(16)23(29)31-4/h5-11,16,27H,1-4H3/b18-11-. The maximum atomic E-state index is 13.4. The summed E-state index contributed by atoms with van der Waals surface area (Å²) in [6, 6.07) is 10.1. The van der Waals surface area contributed by atoms with Gasteiger partial charge in [0.15, 0.2) is 5.78 Å². The molecule has 2 aromatic rings. The zero-order valence-electron chi connectivity index (χ0n) is 17.9. The van der Waals surface area contributed by atoms with Gasteiger partial charge in [0.25, 0.3) is 0 Å². The van der Waals surface area contributed by atoms with Crippen molar-refractivity contribution >= 4 is 40.0 Å². The molecule has 1 aliphatic heterocycles. The van der Waals surface area contributed by atoms with Gasteiger partial charge in [-0.25, -0.2) is 9.59 Å². The van der Waals surface area contributed by atoms with Crippen LogP contribution in [0.25, 0.3) is 5.03 Å². The zero-order chi connectivity index (χ0) is 23.6. The molecule has 166 valence electrons. The molecule has 0 spiro atoms. The fraction of sp³-hybridized carbons (Fsp3) is 0.208. The molecule has 0 aliphatic carbocycles. The fourth-order valence-electron chi connectivity index (χ4n) is 3.66. The van der Waals surface area contributed by atoms with Gasteiger partial charge in [-0.2, -0.15) is 0 Å². The van der Waals surface area contributed by atoms with Crippen LogP contribution in [0.15, 0.2) is 74.2 Å². The second kappa shape index (κ2) is 9.59. The average Bonchev–Trinajstić information content (AvgIpc) is 2.72. The van der Waals surface area contributed by atoms with Crippen LogP contribution in [0.4, 0.5) is 0 Å². The number of ether oxygens (including phenoxy) is 1. The largest absolute Gasteiger partial charge is 0.466 e. The Balaban J connectivity index is 2.23. The number of benzene rings is 1. The Kier molecular flexibility index (Phi) is 7.06. The van der Waals surface area contributed by atoms with E-state index in [9.17, 15) is 14.4 Å². The molecule has 2 heterocycles. The third-order valence-corrected chi connectivity index (χ3v) is 5.68. The summed E-state index contributed by atoms with van der Waals surface area (Å²) in [6.07, 6.45) is 1.45. The number of hydrogen-bond donors (Lipinski definition) is 1. The highest BCUT2D eigenvalue weighted by atomic mass is 35.5. The van der Waals surface area contributed by atoms with E-state index in [1.165, 1.54) is 19.3 Å². The smallest absolute Gasteiger partial charge is 0.346 e. The van der Waals surface area contributed by atoms with E-state index in [0.717, 1.165) is 0 Å². The molecule has 0 amide bonds. The number of carbonyl (C=O) groups is 2. The fourth-order valence-corrected chi connectivity index (χ4v) is 4.34. The van der Waals surface area contributed by atoms with Crippen LogP contribution in [-0.2, 0) is 9.53 Å². The second-order valence-corrected chi connectivity index (χ2v) is 8.06. The number of esters is 1. The molecule has 1 atom stereocenters. The summed E-state index contributed by atoms with van der Waals surface area (Å²) < 4.78 is 10.1.